The molecular weight excluding hydrogens is 292 g/mol. The van der Waals surface area contributed by atoms with Gasteiger partial charge in [-0.15, -0.1) is 0 Å². The first-order valence-electron chi connectivity index (χ1n) is 6.31. The first kappa shape index (κ1) is 15.6. The van der Waals surface area contributed by atoms with Crippen LogP contribution >= 0.6 is 0 Å². The minimum Gasteiger partial charge on any atom is -0.178 e. The van der Waals surface area contributed by atoms with Gasteiger partial charge in [-0.05, 0) is 11.1 Å². The van der Waals surface area contributed by atoms with Crippen LogP contribution in [0, 0.1) is 0 Å². The zero-order chi connectivity index (χ0) is 15.0. The number of hydrogen-bond acceptors (Lipinski definition) is 6. The van der Waals surface area contributed by atoms with Crippen molar-refractivity contribution in [1.82, 2.24) is 11.0 Å². The predicted octanol–water partition coefficient (Wildman–Crippen LogP) is 1.67. The molecule has 0 amide bonds. The molecule has 0 bridgehead atoms. The maximum atomic E-state index is 11.4. The molecule has 0 saturated carbocycles. The fraction of sp³-hybridized carbons (Fsp3) is 0.143. The second kappa shape index (κ2) is 7.87. The number of benzene rings is 2. The van der Waals surface area contributed by atoms with Gasteiger partial charge in [-0.3, -0.25) is 0 Å². The number of rotatable bonds is 8. The lowest BCUT2D eigenvalue weighted by Gasteiger charge is -2.07. The van der Waals surface area contributed by atoms with Crippen molar-refractivity contribution in [1.29, 1.82) is 0 Å². The van der Waals surface area contributed by atoms with E-state index in [1.54, 1.807) is 0 Å². The Bertz CT molecular complexity index is 581. The predicted molar refractivity (Wildman–Crippen MR) is 77.7 cm³/mol. The van der Waals surface area contributed by atoms with Gasteiger partial charge in [0, 0.05) is 13.1 Å². The molecule has 0 unspecified atom stereocenters. The molecule has 0 aliphatic rings. The Labute approximate surface area is 123 Å². The van der Waals surface area contributed by atoms with Gasteiger partial charge in [0.25, 0.3) is 0 Å². The largest absolute Gasteiger partial charge is 0.432 e. The van der Waals surface area contributed by atoms with E-state index in [9.17, 15) is 8.42 Å². The normalized spacial score (nSPS) is 11.4. The van der Waals surface area contributed by atoms with Crippen LogP contribution in [0.25, 0.3) is 0 Å². The Balaban J connectivity index is 1.70. The Hall–Kier alpha value is -1.77. The van der Waals surface area contributed by atoms with Crippen molar-refractivity contribution in [2.75, 3.05) is 0 Å². The van der Waals surface area contributed by atoms with Gasteiger partial charge in [0.1, 0.15) is 0 Å². The van der Waals surface area contributed by atoms with E-state index in [4.69, 9.17) is 0 Å². The van der Waals surface area contributed by atoms with Crippen LogP contribution in [0.15, 0.2) is 60.7 Å². The van der Waals surface area contributed by atoms with Crippen LogP contribution < -0.4 is 11.0 Å². The minimum absolute atomic E-state index is 0.252. The van der Waals surface area contributed by atoms with Crippen molar-refractivity contribution in [3.63, 3.8) is 0 Å². The van der Waals surface area contributed by atoms with Crippen LogP contribution in [-0.4, -0.2) is 8.42 Å². The smallest absolute Gasteiger partial charge is 0.178 e. The molecule has 112 valence electrons. The molecule has 0 fully saturated rings. The summed E-state index contributed by atoms with van der Waals surface area (Å²) < 4.78 is 31.9. The highest BCUT2D eigenvalue weighted by molar-refractivity contribution is 7.81. The highest BCUT2D eigenvalue weighted by atomic mass is 32.3. The Morgan fingerprint density at radius 1 is 0.714 bits per heavy atom. The summed E-state index contributed by atoms with van der Waals surface area (Å²) in [5.41, 5.74) is 6.46. The molecule has 2 aromatic carbocycles. The summed E-state index contributed by atoms with van der Waals surface area (Å²) in [6, 6.07) is 18.5. The minimum atomic E-state index is -4.14. The van der Waals surface area contributed by atoms with Crippen molar-refractivity contribution < 1.29 is 17.0 Å². The third kappa shape index (κ3) is 6.03. The van der Waals surface area contributed by atoms with E-state index >= 15 is 0 Å². The van der Waals surface area contributed by atoms with Crippen molar-refractivity contribution in [3.05, 3.63) is 71.8 Å². The molecule has 0 radical (unpaired) electrons. The molecule has 0 heterocycles. The zero-order valence-corrected chi connectivity index (χ0v) is 12.0. The summed E-state index contributed by atoms with van der Waals surface area (Å²) in [7, 11) is -4.14. The number of hydroxylamine groups is 2. The quantitative estimate of drug-likeness (QED) is 0.723. The molecule has 0 aliphatic carbocycles. The van der Waals surface area contributed by atoms with Crippen molar-refractivity contribution >= 4 is 10.4 Å². The Morgan fingerprint density at radius 2 is 1.10 bits per heavy atom. The number of nitrogens with one attached hydrogen (secondary N) is 2. The van der Waals surface area contributed by atoms with Crippen molar-refractivity contribution in [2.24, 2.45) is 0 Å². The molecular formula is C14H16N2O4S. The Kier molecular flexibility index (Phi) is 5.85. The van der Waals surface area contributed by atoms with Crippen molar-refractivity contribution in [3.8, 4) is 0 Å². The highest BCUT2D eigenvalue weighted by Gasteiger charge is 2.12. The maximum Gasteiger partial charge on any atom is 0.432 e. The Morgan fingerprint density at radius 3 is 1.48 bits per heavy atom. The van der Waals surface area contributed by atoms with Gasteiger partial charge in [0.2, 0.25) is 0 Å². The van der Waals surface area contributed by atoms with Crippen molar-refractivity contribution in [2.45, 2.75) is 13.1 Å². The first-order chi connectivity index (χ1) is 10.2. The molecule has 0 aliphatic heterocycles. The van der Waals surface area contributed by atoms with E-state index in [1.165, 1.54) is 0 Å². The van der Waals surface area contributed by atoms with Crippen LogP contribution in [0.2, 0.25) is 0 Å². The lowest BCUT2D eigenvalue weighted by molar-refractivity contribution is 0.106. The SMILES string of the molecule is O=S(=O)(ONCc1ccccc1)ONCc1ccccc1. The molecule has 2 N–H and O–H groups in total. The monoisotopic (exact) mass is 308 g/mol. The van der Waals surface area contributed by atoms with E-state index in [2.05, 4.69) is 19.5 Å². The zero-order valence-electron chi connectivity index (χ0n) is 11.2. The van der Waals surface area contributed by atoms with Gasteiger partial charge >= 0.3 is 10.4 Å². The third-order valence-corrected chi connectivity index (χ3v) is 3.20. The van der Waals surface area contributed by atoms with Gasteiger partial charge in [-0.25, -0.2) is 0 Å². The highest BCUT2D eigenvalue weighted by Crippen LogP contribution is 2.00. The standard InChI is InChI=1S/C14H16N2O4S/c17-21(18,19-15-11-13-7-3-1-4-8-13)20-16-12-14-9-5-2-6-10-14/h1-10,15-16H,11-12H2. The van der Waals surface area contributed by atoms with Gasteiger partial charge in [-0.1, -0.05) is 60.7 Å². The molecule has 2 aromatic rings. The molecule has 7 heteroatoms. The lowest BCUT2D eigenvalue weighted by atomic mass is 10.2. The van der Waals surface area contributed by atoms with Crippen LogP contribution in [0.4, 0.5) is 0 Å². The van der Waals surface area contributed by atoms with Gasteiger partial charge in [0.15, 0.2) is 0 Å². The second-order valence-corrected chi connectivity index (χ2v) is 5.34. The molecule has 0 saturated heterocycles. The summed E-state index contributed by atoms with van der Waals surface area (Å²) in [6.07, 6.45) is 0. The third-order valence-electron chi connectivity index (χ3n) is 2.56. The maximum absolute atomic E-state index is 11.4. The second-order valence-electron chi connectivity index (χ2n) is 4.19. The fourth-order valence-electron chi connectivity index (χ4n) is 1.58. The topological polar surface area (TPSA) is 76.7 Å². The summed E-state index contributed by atoms with van der Waals surface area (Å²) in [6.45, 7) is 0.504. The van der Waals surface area contributed by atoms with Gasteiger partial charge in [-0.2, -0.15) is 27.9 Å². The summed E-state index contributed by atoms with van der Waals surface area (Å²) >= 11 is 0. The summed E-state index contributed by atoms with van der Waals surface area (Å²) in [4.78, 5) is 0. The summed E-state index contributed by atoms with van der Waals surface area (Å²) in [5, 5.41) is 0. The molecule has 6 nitrogen and oxygen atoms in total. The average Bonchev–Trinajstić information content (AvgIpc) is 2.49. The average molecular weight is 308 g/mol. The molecule has 2 rings (SSSR count). The summed E-state index contributed by atoms with van der Waals surface area (Å²) in [5.74, 6) is 0. The van der Waals surface area contributed by atoms with Gasteiger partial charge < -0.3 is 0 Å². The molecule has 0 spiro atoms. The lowest BCUT2D eigenvalue weighted by Crippen LogP contribution is -2.27. The van der Waals surface area contributed by atoms with Crippen LogP contribution in [0.1, 0.15) is 11.1 Å². The molecule has 21 heavy (non-hydrogen) atoms. The van der Waals surface area contributed by atoms with Gasteiger partial charge in [0.05, 0.1) is 0 Å². The van der Waals surface area contributed by atoms with E-state index in [0.717, 1.165) is 11.1 Å². The van der Waals surface area contributed by atoms with E-state index in [-0.39, 0.29) is 13.1 Å². The van der Waals surface area contributed by atoms with Crippen LogP contribution in [0.3, 0.4) is 0 Å². The molecule has 0 aromatic heterocycles. The fourth-order valence-corrected chi connectivity index (χ4v) is 2.02. The van der Waals surface area contributed by atoms with E-state index in [1.807, 2.05) is 60.7 Å². The molecule has 0 atom stereocenters. The van der Waals surface area contributed by atoms with Crippen LogP contribution in [0.5, 0.6) is 0 Å². The first-order valence-corrected chi connectivity index (χ1v) is 7.64. The number of hydrogen-bond donors (Lipinski definition) is 2. The van der Waals surface area contributed by atoms with E-state index < -0.39 is 10.4 Å². The van der Waals surface area contributed by atoms with Crippen LogP contribution in [-0.2, 0) is 32.1 Å². The van der Waals surface area contributed by atoms with E-state index in [0.29, 0.717) is 0 Å².